The second-order valence-corrected chi connectivity index (χ2v) is 7.96. The van der Waals surface area contributed by atoms with Gasteiger partial charge in [0.25, 0.3) is 11.8 Å². The first-order chi connectivity index (χ1) is 13.1. The fourth-order valence-electron chi connectivity index (χ4n) is 3.88. The molecule has 2 amide bonds. The first-order valence-corrected chi connectivity index (χ1v) is 10.0. The van der Waals surface area contributed by atoms with E-state index in [0.717, 1.165) is 30.8 Å². The van der Waals surface area contributed by atoms with Crippen molar-refractivity contribution in [1.29, 1.82) is 0 Å². The molecular formula is C21H22N2O3S. The van der Waals surface area contributed by atoms with Crippen LogP contribution >= 0.6 is 11.3 Å². The third-order valence-corrected chi connectivity index (χ3v) is 6.01. The number of para-hydroxylation sites is 2. The molecule has 0 bridgehead atoms. The fraction of sp³-hybridized carbons (Fsp3) is 0.333. The van der Waals surface area contributed by atoms with E-state index in [2.05, 4.69) is 11.8 Å². The minimum atomic E-state index is -0.278. The molecule has 140 valence electrons. The minimum Gasteiger partial charge on any atom is -0.495 e. The number of hydrogen-bond acceptors (Lipinski definition) is 5. The second-order valence-electron chi connectivity index (χ2n) is 7.01. The number of amides is 2. The monoisotopic (exact) mass is 382 g/mol. The Kier molecular flexibility index (Phi) is 4.74. The zero-order chi connectivity index (χ0) is 19.0. The first-order valence-electron chi connectivity index (χ1n) is 9.16. The van der Waals surface area contributed by atoms with E-state index in [9.17, 15) is 9.59 Å². The van der Waals surface area contributed by atoms with Crippen molar-refractivity contribution in [1.82, 2.24) is 4.90 Å². The summed E-state index contributed by atoms with van der Waals surface area (Å²) in [6.45, 7) is 3.78. The molecule has 1 aromatic heterocycles. The van der Waals surface area contributed by atoms with E-state index in [0.29, 0.717) is 28.6 Å². The van der Waals surface area contributed by atoms with Crippen LogP contribution in [0.25, 0.3) is 5.57 Å². The van der Waals surface area contributed by atoms with Crippen LogP contribution < -0.4 is 9.64 Å². The molecule has 1 saturated heterocycles. The summed E-state index contributed by atoms with van der Waals surface area (Å²) in [5.41, 5.74) is 1.53. The molecule has 27 heavy (non-hydrogen) atoms. The van der Waals surface area contributed by atoms with Crippen LogP contribution in [0, 0.1) is 5.92 Å². The highest BCUT2D eigenvalue weighted by Gasteiger charge is 2.44. The smallest absolute Gasteiger partial charge is 0.282 e. The Balaban J connectivity index is 1.82. The lowest BCUT2D eigenvalue weighted by atomic mass is 9.99. The highest BCUT2D eigenvalue weighted by molar-refractivity contribution is 7.11. The standard InChI is InChI=1S/C21H22N2O3S/c1-14-7-5-11-22(13-14)19-18(17-10-6-12-27-17)20(24)23(21(19)25)15-8-3-4-9-16(15)26-2/h3-4,6,8-10,12,14H,5,7,11,13H2,1-2H3. The van der Waals surface area contributed by atoms with E-state index in [4.69, 9.17) is 4.74 Å². The number of likely N-dealkylation sites (tertiary alicyclic amines) is 1. The normalized spacial score (nSPS) is 20.6. The van der Waals surface area contributed by atoms with Gasteiger partial charge in [0.05, 0.1) is 18.4 Å². The van der Waals surface area contributed by atoms with Crippen LogP contribution in [0.15, 0.2) is 47.5 Å². The number of thiophene rings is 1. The number of nitrogens with zero attached hydrogens (tertiary/aromatic N) is 2. The zero-order valence-corrected chi connectivity index (χ0v) is 16.3. The highest BCUT2D eigenvalue weighted by atomic mass is 32.1. The van der Waals surface area contributed by atoms with Crippen molar-refractivity contribution < 1.29 is 14.3 Å². The Labute approximate surface area is 162 Å². The molecular weight excluding hydrogens is 360 g/mol. The maximum atomic E-state index is 13.5. The average Bonchev–Trinajstić information content (AvgIpc) is 3.28. The van der Waals surface area contributed by atoms with Crippen molar-refractivity contribution in [2.75, 3.05) is 25.1 Å². The van der Waals surface area contributed by atoms with Gasteiger partial charge in [0, 0.05) is 18.0 Å². The predicted molar refractivity (Wildman–Crippen MR) is 107 cm³/mol. The lowest BCUT2D eigenvalue weighted by Gasteiger charge is -2.33. The van der Waals surface area contributed by atoms with E-state index >= 15 is 0 Å². The number of ether oxygens (including phenoxy) is 1. The topological polar surface area (TPSA) is 49.9 Å². The summed E-state index contributed by atoms with van der Waals surface area (Å²) in [6.07, 6.45) is 2.18. The molecule has 3 heterocycles. The van der Waals surface area contributed by atoms with Crippen LogP contribution in [0.5, 0.6) is 5.75 Å². The number of piperidine rings is 1. The molecule has 2 aliphatic rings. The molecule has 1 unspecified atom stereocenters. The van der Waals surface area contributed by atoms with Gasteiger partial charge in [-0.15, -0.1) is 11.3 Å². The Morgan fingerprint density at radius 3 is 2.63 bits per heavy atom. The van der Waals surface area contributed by atoms with Gasteiger partial charge in [0.1, 0.15) is 11.4 Å². The van der Waals surface area contributed by atoms with Gasteiger partial charge in [0.15, 0.2) is 0 Å². The molecule has 1 aromatic carbocycles. The van der Waals surface area contributed by atoms with E-state index in [1.165, 1.54) is 16.2 Å². The molecule has 2 aliphatic heterocycles. The van der Waals surface area contributed by atoms with Gasteiger partial charge >= 0.3 is 0 Å². The summed E-state index contributed by atoms with van der Waals surface area (Å²) < 4.78 is 5.40. The molecule has 0 N–H and O–H groups in total. The van der Waals surface area contributed by atoms with Crippen LogP contribution in [0.3, 0.4) is 0 Å². The molecule has 5 nitrogen and oxygen atoms in total. The Hall–Kier alpha value is -2.60. The number of imide groups is 1. The number of methoxy groups -OCH3 is 1. The van der Waals surface area contributed by atoms with Crippen LogP contribution in [-0.4, -0.2) is 36.9 Å². The molecule has 1 atom stereocenters. The van der Waals surface area contributed by atoms with Gasteiger partial charge in [-0.3, -0.25) is 9.59 Å². The van der Waals surface area contributed by atoms with Crippen molar-refractivity contribution in [2.45, 2.75) is 19.8 Å². The zero-order valence-electron chi connectivity index (χ0n) is 15.5. The Bertz CT molecular complexity index is 904. The van der Waals surface area contributed by atoms with E-state index < -0.39 is 0 Å². The Morgan fingerprint density at radius 2 is 1.93 bits per heavy atom. The van der Waals surface area contributed by atoms with Crippen molar-refractivity contribution in [3.05, 3.63) is 52.4 Å². The number of anilines is 1. The largest absolute Gasteiger partial charge is 0.495 e. The van der Waals surface area contributed by atoms with Crippen molar-refractivity contribution >= 4 is 34.4 Å². The summed E-state index contributed by atoms with van der Waals surface area (Å²) >= 11 is 1.49. The van der Waals surface area contributed by atoms with Crippen LogP contribution in [-0.2, 0) is 9.59 Å². The molecule has 0 radical (unpaired) electrons. The maximum Gasteiger partial charge on any atom is 0.282 e. The first kappa shape index (κ1) is 17.8. The quantitative estimate of drug-likeness (QED) is 0.756. The average molecular weight is 382 g/mol. The summed E-state index contributed by atoms with van der Waals surface area (Å²) in [5, 5.41) is 1.93. The van der Waals surface area contributed by atoms with Crippen molar-refractivity contribution in [2.24, 2.45) is 5.92 Å². The lowest BCUT2D eigenvalue weighted by molar-refractivity contribution is -0.120. The minimum absolute atomic E-state index is 0.262. The molecule has 1 fully saturated rings. The molecule has 6 heteroatoms. The number of carbonyl (C=O) groups excluding carboxylic acids is 2. The number of carbonyl (C=O) groups is 2. The number of benzene rings is 1. The second kappa shape index (κ2) is 7.19. The predicted octanol–water partition coefficient (Wildman–Crippen LogP) is 3.77. The molecule has 4 rings (SSSR count). The van der Waals surface area contributed by atoms with Crippen molar-refractivity contribution in [3.63, 3.8) is 0 Å². The maximum absolute atomic E-state index is 13.5. The Morgan fingerprint density at radius 1 is 1.11 bits per heavy atom. The third-order valence-electron chi connectivity index (χ3n) is 5.13. The van der Waals surface area contributed by atoms with E-state index in [-0.39, 0.29) is 11.8 Å². The van der Waals surface area contributed by atoms with E-state index in [1.807, 2.05) is 29.6 Å². The van der Waals surface area contributed by atoms with Gasteiger partial charge in [-0.1, -0.05) is 25.1 Å². The van der Waals surface area contributed by atoms with E-state index in [1.54, 1.807) is 19.2 Å². The van der Waals surface area contributed by atoms with Gasteiger partial charge in [0.2, 0.25) is 0 Å². The molecule has 0 spiro atoms. The van der Waals surface area contributed by atoms with Crippen LogP contribution in [0.1, 0.15) is 24.6 Å². The fourth-order valence-corrected chi connectivity index (χ4v) is 4.64. The van der Waals surface area contributed by atoms with Crippen LogP contribution in [0.4, 0.5) is 5.69 Å². The van der Waals surface area contributed by atoms with Gasteiger partial charge < -0.3 is 9.64 Å². The van der Waals surface area contributed by atoms with Crippen molar-refractivity contribution in [3.8, 4) is 5.75 Å². The lowest BCUT2D eigenvalue weighted by Crippen LogP contribution is -2.39. The summed E-state index contributed by atoms with van der Waals surface area (Å²) in [6, 6.07) is 11.0. The van der Waals surface area contributed by atoms with Gasteiger partial charge in [-0.2, -0.15) is 0 Å². The number of hydrogen-bond donors (Lipinski definition) is 0. The summed E-state index contributed by atoms with van der Waals surface area (Å²) in [5.74, 6) is 0.471. The number of rotatable bonds is 4. The SMILES string of the molecule is COc1ccccc1N1C(=O)C(c2cccs2)=C(N2CCCC(C)C2)C1=O. The van der Waals surface area contributed by atoms with Gasteiger partial charge in [-0.25, -0.2) is 4.90 Å². The molecule has 2 aromatic rings. The molecule has 0 aliphatic carbocycles. The summed E-state index contributed by atoms with van der Waals surface area (Å²) in [7, 11) is 1.55. The van der Waals surface area contributed by atoms with Gasteiger partial charge in [-0.05, 0) is 42.3 Å². The third kappa shape index (κ3) is 3.04. The summed E-state index contributed by atoms with van der Waals surface area (Å²) in [4.78, 5) is 31.0. The molecule has 0 saturated carbocycles. The van der Waals surface area contributed by atoms with Crippen LogP contribution in [0.2, 0.25) is 0 Å². The highest BCUT2D eigenvalue weighted by Crippen LogP contribution is 2.40.